The SMILES string of the molecule is CCC(=O)Nc1ccc(C(=O)COC(=O)COc2cccc(C(F)(F)F)c2)cc1. The Balaban J connectivity index is 1.81. The highest BCUT2D eigenvalue weighted by Gasteiger charge is 2.30. The molecule has 2 rings (SSSR count). The molecule has 9 heteroatoms. The van der Waals surface area contributed by atoms with Gasteiger partial charge in [-0.2, -0.15) is 13.2 Å². The number of hydrogen-bond acceptors (Lipinski definition) is 5. The molecule has 0 unspecified atom stereocenters. The molecule has 1 N–H and O–H groups in total. The van der Waals surface area contributed by atoms with Crippen molar-refractivity contribution < 1.29 is 37.0 Å². The number of carbonyl (C=O) groups is 3. The van der Waals surface area contributed by atoms with Crippen molar-refractivity contribution in [3.8, 4) is 5.75 Å². The third-order valence-corrected chi connectivity index (χ3v) is 3.69. The average molecular weight is 409 g/mol. The van der Waals surface area contributed by atoms with Crippen molar-refractivity contribution >= 4 is 23.3 Å². The summed E-state index contributed by atoms with van der Waals surface area (Å²) in [7, 11) is 0. The minimum atomic E-state index is -4.53. The fourth-order valence-corrected chi connectivity index (χ4v) is 2.16. The monoisotopic (exact) mass is 409 g/mol. The van der Waals surface area contributed by atoms with E-state index in [1.54, 1.807) is 19.1 Å². The van der Waals surface area contributed by atoms with E-state index in [-0.39, 0.29) is 17.2 Å². The van der Waals surface area contributed by atoms with E-state index >= 15 is 0 Å². The molecule has 0 atom stereocenters. The van der Waals surface area contributed by atoms with Crippen LogP contribution in [0.25, 0.3) is 0 Å². The lowest BCUT2D eigenvalue weighted by molar-refractivity contribution is -0.144. The van der Waals surface area contributed by atoms with Crippen LogP contribution >= 0.6 is 0 Å². The average Bonchev–Trinajstić information content (AvgIpc) is 2.70. The highest BCUT2D eigenvalue weighted by atomic mass is 19.4. The van der Waals surface area contributed by atoms with E-state index in [1.807, 2.05) is 0 Å². The van der Waals surface area contributed by atoms with Crippen molar-refractivity contribution in [3.63, 3.8) is 0 Å². The Hall–Kier alpha value is -3.36. The van der Waals surface area contributed by atoms with Gasteiger partial charge in [-0.05, 0) is 42.5 Å². The fourth-order valence-electron chi connectivity index (χ4n) is 2.16. The number of benzene rings is 2. The molecule has 0 fully saturated rings. The van der Waals surface area contributed by atoms with E-state index in [0.717, 1.165) is 18.2 Å². The quantitative estimate of drug-likeness (QED) is 0.529. The third kappa shape index (κ3) is 6.95. The summed E-state index contributed by atoms with van der Waals surface area (Å²) in [6.45, 7) is 0.514. The van der Waals surface area contributed by atoms with Crippen LogP contribution in [0.3, 0.4) is 0 Å². The largest absolute Gasteiger partial charge is 0.482 e. The Bertz CT molecular complexity index is 878. The first-order valence-corrected chi connectivity index (χ1v) is 8.58. The van der Waals surface area contributed by atoms with Gasteiger partial charge in [0.25, 0.3) is 0 Å². The summed E-state index contributed by atoms with van der Waals surface area (Å²) in [5, 5.41) is 2.63. The lowest BCUT2D eigenvalue weighted by Crippen LogP contribution is -2.19. The third-order valence-electron chi connectivity index (χ3n) is 3.69. The second-order valence-corrected chi connectivity index (χ2v) is 5.88. The maximum absolute atomic E-state index is 12.6. The first-order chi connectivity index (χ1) is 13.7. The maximum atomic E-state index is 12.6. The number of halogens is 3. The van der Waals surface area contributed by atoms with Crippen molar-refractivity contribution in [1.29, 1.82) is 0 Å². The fraction of sp³-hybridized carbons (Fsp3) is 0.250. The Morgan fingerprint density at radius 1 is 1.00 bits per heavy atom. The maximum Gasteiger partial charge on any atom is 0.416 e. The first kappa shape index (κ1) is 21.9. The Morgan fingerprint density at radius 3 is 2.31 bits per heavy atom. The van der Waals surface area contributed by atoms with Crippen LogP contribution in [0.15, 0.2) is 48.5 Å². The van der Waals surface area contributed by atoms with E-state index in [9.17, 15) is 27.6 Å². The van der Waals surface area contributed by atoms with Gasteiger partial charge in [0, 0.05) is 17.7 Å². The number of amides is 1. The molecule has 0 spiro atoms. The molecule has 29 heavy (non-hydrogen) atoms. The van der Waals surface area contributed by atoms with E-state index in [2.05, 4.69) is 5.32 Å². The van der Waals surface area contributed by atoms with Crippen LogP contribution in [0, 0.1) is 0 Å². The zero-order chi connectivity index (χ0) is 21.4. The highest BCUT2D eigenvalue weighted by Crippen LogP contribution is 2.31. The van der Waals surface area contributed by atoms with Gasteiger partial charge in [0.1, 0.15) is 5.75 Å². The molecular weight excluding hydrogens is 391 g/mol. The van der Waals surface area contributed by atoms with E-state index < -0.39 is 36.7 Å². The minimum absolute atomic E-state index is 0.146. The van der Waals surface area contributed by atoms with Gasteiger partial charge in [-0.3, -0.25) is 9.59 Å². The Morgan fingerprint density at radius 2 is 1.69 bits per heavy atom. The van der Waals surface area contributed by atoms with E-state index in [1.165, 1.54) is 18.2 Å². The summed E-state index contributed by atoms with van der Waals surface area (Å²) in [4.78, 5) is 35.0. The molecule has 0 radical (unpaired) electrons. The van der Waals surface area contributed by atoms with Crippen molar-refractivity contribution in [2.75, 3.05) is 18.5 Å². The number of Topliss-reactive ketones (excluding diaryl/α,β-unsaturated/α-hetero) is 1. The van der Waals surface area contributed by atoms with Gasteiger partial charge in [-0.25, -0.2) is 4.79 Å². The molecule has 0 heterocycles. The van der Waals surface area contributed by atoms with Gasteiger partial charge in [0.15, 0.2) is 19.0 Å². The zero-order valence-electron chi connectivity index (χ0n) is 15.4. The normalized spacial score (nSPS) is 10.9. The molecule has 154 valence electrons. The summed E-state index contributed by atoms with van der Waals surface area (Å²) < 4.78 is 47.7. The molecule has 0 aliphatic carbocycles. The van der Waals surface area contributed by atoms with Crippen molar-refractivity contribution in [1.82, 2.24) is 0 Å². The highest BCUT2D eigenvalue weighted by molar-refractivity contribution is 5.98. The topological polar surface area (TPSA) is 81.7 Å². The molecule has 0 aliphatic heterocycles. The minimum Gasteiger partial charge on any atom is -0.482 e. The van der Waals surface area contributed by atoms with Crippen LogP contribution in [0.2, 0.25) is 0 Å². The second kappa shape index (κ2) is 9.72. The first-order valence-electron chi connectivity index (χ1n) is 8.58. The van der Waals surface area contributed by atoms with Gasteiger partial charge < -0.3 is 14.8 Å². The lowest BCUT2D eigenvalue weighted by Gasteiger charge is -2.10. The van der Waals surface area contributed by atoms with Crippen molar-refractivity contribution in [2.45, 2.75) is 19.5 Å². The van der Waals surface area contributed by atoms with Gasteiger partial charge in [-0.1, -0.05) is 13.0 Å². The van der Waals surface area contributed by atoms with Gasteiger partial charge >= 0.3 is 12.1 Å². The van der Waals surface area contributed by atoms with Gasteiger partial charge in [0.05, 0.1) is 5.56 Å². The van der Waals surface area contributed by atoms with Crippen LogP contribution < -0.4 is 10.1 Å². The molecule has 2 aromatic carbocycles. The van der Waals surface area contributed by atoms with E-state index in [4.69, 9.17) is 9.47 Å². The summed E-state index contributed by atoms with van der Waals surface area (Å²) in [6.07, 6.45) is -4.21. The predicted octanol–water partition coefficient (Wildman–Crippen LogP) is 3.86. The smallest absolute Gasteiger partial charge is 0.416 e. The predicted molar refractivity (Wildman–Crippen MR) is 97.6 cm³/mol. The van der Waals surface area contributed by atoms with Crippen LogP contribution in [-0.2, 0) is 20.5 Å². The Kier molecular flexibility index (Phi) is 7.35. The molecular formula is C20H18F3NO5. The zero-order valence-corrected chi connectivity index (χ0v) is 15.4. The summed E-state index contributed by atoms with van der Waals surface area (Å²) >= 11 is 0. The number of nitrogens with one attached hydrogen (secondary N) is 1. The number of carbonyl (C=O) groups excluding carboxylic acids is 3. The van der Waals surface area contributed by atoms with Crippen molar-refractivity contribution in [3.05, 3.63) is 59.7 Å². The standard InChI is InChI=1S/C20H18F3NO5/c1-2-18(26)24-15-8-6-13(7-9-15)17(25)11-29-19(27)12-28-16-5-3-4-14(10-16)20(21,22)23/h3-10H,2,11-12H2,1H3,(H,24,26). The molecule has 0 aliphatic rings. The molecule has 0 aromatic heterocycles. The summed E-state index contributed by atoms with van der Waals surface area (Å²) in [6, 6.07) is 10.1. The molecule has 1 amide bonds. The number of ketones is 1. The molecule has 6 nitrogen and oxygen atoms in total. The number of hydrogen-bond donors (Lipinski definition) is 1. The number of esters is 1. The molecule has 0 saturated carbocycles. The van der Waals surface area contributed by atoms with Crippen LogP contribution in [0.4, 0.5) is 18.9 Å². The number of ether oxygens (including phenoxy) is 2. The van der Waals surface area contributed by atoms with Gasteiger partial charge in [-0.15, -0.1) is 0 Å². The summed E-state index contributed by atoms with van der Waals surface area (Å²) in [5.41, 5.74) is -0.108. The van der Waals surface area contributed by atoms with Crippen LogP contribution in [-0.4, -0.2) is 30.9 Å². The second-order valence-electron chi connectivity index (χ2n) is 5.88. The Labute approximate surface area is 164 Å². The molecule has 2 aromatic rings. The van der Waals surface area contributed by atoms with Crippen molar-refractivity contribution in [2.24, 2.45) is 0 Å². The summed E-state index contributed by atoms with van der Waals surface area (Å²) in [5.74, 6) is -1.69. The van der Waals surface area contributed by atoms with Gasteiger partial charge in [0.2, 0.25) is 5.91 Å². The number of rotatable bonds is 8. The number of anilines is 1. The number of alkyl halides is 3. The lowest BCUT2D eigenvalue weighted by atomic mass is 10.1. The van der Waals surface area contributed by atoms with Crippen LogP contribution in [0.1, 0.15) is 29.3 Å². The van der Waals surface area contributed by atoms with E-state index in [0.29, 0.717) is 12.1 Å². The molecule has 0 saturated heterocycles. The molecule has 0 bridgehead atoms. The van der Waals surface area contributed by atoms with Crippen LogP contribution in [0.5, 0.6) is 5.75 Å².